The quantitative estimate of drug-likeness (QED) is 0.462. The third-order valence-corrected chi connectivity index (χ3v) is 3.80. The second-order valence-electron chi connectivity index (χ2n) is 2.92. The van der Waals surface area contributed by atoms with Crippen LogP contribution in [0.3, 0.4) is 0 Å². The van der Waals surface area contributed by atoms with Gasteiger partial charge < -0.3 is 0 Å². The Hall–Kier alpha value is -1.14. The minimum Gasteiger partial charge on any atom is -0.258 e. The Kier molecular flexibility index (Phi) is 3.65. The van der Waals surface area contributed by atoms with E-state index in [1.54, 1.807) is 0 Å². The molecule has 0 fully saturated rings. The van der Waals surface area contributed by atoms with E-state index in [1.165, 1.54) is 24.3 Å². The van der Waals surface area contributed by atoms with Crippen LogP contribution < -0.4 is 0 Å². The van der Waals surface area contributed by atoms with Crippen LogP contribution in [0, 0.1) is 10.1 Å². The Bertz CT molecular complexity index is 454. The molecule has 0 aromatic heterocycles. The Morgan fingerprint density at radius 2 is 1.80 bits per heavy atom. The van der Waals surface area contributed by atoms with E-state index in [1.807, 2.05) is 0 Å². The van der Waals surface area contributed by atoms with Crippen molar-refractivity contribution < 1.29 is 13.3 Å². The van der Waals surface area contributed by atoms with E-state index >= 15 is 0 Å². The van der Waals surface area contributed by atoms with Crippen LogP contribution in [-0.2, 0) is 15.6 Å². The van der Waals surface area contributed by atoms with Gasteiger partial charge in [0.25, 0.3) is 5.69 Å². The number of nitro groups is 1. The van der Waals surface area contributed by atoms with Gasteiger partial charge in [-0.15, -0.1) is 11.6 Å². The molecule has 0 heterocycles. The zero-order valence-corrected chi connectivity index (χ0v) is 9.16. The van der Waals surface area contributed by atoms with Crippen LogP contribution in [0.1, 0.15) is 5.56 Å². The Morgan fingerprint density at radius 1 is 1.27 bits per heavy atom. The van der Waals surface area contributed by atoms with Crippen LogP contribution in [0.5, 0.6) is 0 Å². The molecule has 7 heteroatoms. The van der Waals surface area contributed by atoms with Crippen LogP contribution in [0.25, 0.3) is 0 Å². The SMILES string of the molecule is O=[N+]([O-])c1ccc(CS(=O)(=O)CCl)cc1. The lowest BCUT2D eigenvalue weighted by Gasteiger charge is -1.99. The lowest BCUT2D eigenvalue weighted by atomic mass is 10.2. The molecule has 15 heavy (non-hydrogen) atoms. The number of rotatable bonds is 4. The topological polar surface area (TPSA) is 77.3 Å². The molecule has 0 N–H and O–H groups in total. The fourth-order valence-corrected chi connectivity index (χ4v) is 2.02. The van der Waals surface area contributed by atoms with Crippen molar-refractivity contribution in [3.63, 3.8) is 0 Å². The molecular formula is C8H8ClNO4S. The molecule has 0 spiro atoms. The fraction of sp³-hybridized carbons (Fsp3) is 0.250. The van der Waals surface area contributed by atoms with E-state index < -0.39 is 20.0 Å². The highest BCUT2D eigenvalue weighted by Crippen LogP contribution is 2.14. The summed E-state index contributed by atoms with van der Waals surface area (Å²) in [5.41, 5.74) is 0.420. The zero-order valence-electron chi connectivity index (χ0n) is 7.59. The predicted octanol–water partition coefficient (Wildman–Crippen LogP) is 1.71. The number of alkyl halides is 1. The number of benzene rings is 1. The van der Waals surface area contributed by atoms with Gasteiger partial charge in [-0.3, -0.25) is 10.1 Å². The molecule has 0 bridgehead atoms. The van der Waals surface area contributed by atoms with Crippen LogP contribution >= 0.6 is 11.6 Å². The summed E-state index contributed by atoms with van der Waals surface area (Å²) in [6.45, 7) is 0. The molecule has 0 saturated carbocycles. The molecule has 82 valence electrons. The lowest BCUT2D eigenvalue weighted by molar-refractivity contribution is -0.384. The molecule has 0 unspecified atom stereocenters. The van der Waals surface area contributed by atoms with E-state index in [0.29, 0.717) is 5.56 Å². The first kappa shape index (κ1) is 11.9. The number of sulfone groups is 1. The highest BCUT2D eigenvalue weighted by Gasteiger charge is 2.11. The number of hydrogen-bond donors (Lipinski definition) is 0. The third-order valence-electron chi connectivity index (χ3n) is 1.70. The van der Waals surface area contributed by atoms with E-state index in [2.05, 4.69) is 0 Å². The summed E-state index contributed by atoms with van der Waals surface area (Å²) in [6.07, 6.45) is 0. The fourth-order valence-electron chi connectivity index (χ4n) is 1.01. The minimum absolute atomic E-state index is 0.0676. The van der Waals surface area contributed by atoms with Gasteiger partial charge in [-0.1, -0.05) is 12.1 Å². The van der Waals surface area contributed by atoms with Gasteiger partial charge in [0.1, 0.15) is 5.21 Å². The molecule has 0 aliphatic carbocycles. The molecule has 0 radical (unpaired) electrons. The maximum Gasteiger partial charge on any atom is 0.269 e. The first-order valence-corrected chi connectivity index (χ1v) is 6.30. The molecule has 0 atom stereocenters. The monoisotopic (exact) mass is 249 g/mol. The van der Waals surface area contributed by atoms with E-state index in [-0.39, 0.29) is 11.4 Å². The summed E-state index contributed by atoms with van der Waals surface area (Å²) in [5, 5.41) is 9.87. The highest BCUT2D eigenvalue weighted by atomic mass is 35.5. The van der Waals surface area contributed by atoms with E-state index in [0.717, 1.165) is 0 Å². The maximum atomic E-state index is 11.1. The van der Waals surface area contributed by atoms with E-state index in [4.69, 9.17) is 11.6 Å². The summed E-state index contributed by atoms with van der Waals surface area (Å²) in [5.74, 6) is -0.200. The largest absolute Gasteiger partial charge is 0.269 e. The van der Waals surface area contributed by atoms with Crippen molar-refractivity contribution in [1.82, 2.24) is 0 Å². The molecule has 0 aliphatic rings. The van der Waals surface area contributed by atoms with Crippen molar-refractivity contribution >= 4 is 27.1 Å². The van der Waals surface area contributed by atoms with Crippen molar-refractivity contribution in [2.24, 2.45) is 0 Å². The molecule has 1 aromatic carbocycles. The average Bonchev–Trinajstić information content (AvgIpc) is 2.18. The van der Waals surface area contributed by atoms with Gasteiger partial charge in [0.2, 0.25) is 0 Å². The number of hydrogen-bond acceptors (Lipinski definition) is 4. The first-order valence-electron chi connectivity index (χ1n) is 3.94. The van der Waals surface area contributed by atoms with E-state index in [9.17, 15) is 18.5 Å². The summed E-state index contributed by atoms with van der Waals surface area (Å²) >= 11 is 5.23. The predicted molar refractivity (Wildman–Crippen MR) is 56.4 cm³/mol. The van der Waals surface area contributed by atoms with Crippen molar-refractivity contribution in [3.05, 3.63) is 39.9 Å². The minimum atomic E-state index is -3.31. The van der Waals surface area contributed by atoms with Gasteiger partial charge in [-0.2, -0.15) is 0 Å². The van der Waals surface area contributed by atoms with Crippen LogP contribution in [-0.4, -0.2) is 18.6 Å². The second-order valence-corrected chi connectivity index (χ2v) is 5.57. The Morgan fingerprint density at radius 3 is 2.20 bits per heavy atom. The molecule has 0 aliphatic heterocycles. The normalized spacial score (nSPS) is 11.3. The number of nitrogens with zero attached hydrogens (tertiary/aromatic N) is 1. The summed E-state index contributed by atoms with van der Waals surface area (Å²) in [6, 6.07) is 5.34. The van der Waals surface area contributed by atoms with Gasteiger partial charge in [0.05, 0.1) is 10.7 Å². The lowest BCUT2D eigenvalue weighted by Crippen LogP contribution is -2.04. The third kappa shape index (κ3) is 3.49. The molecule has 0 amide bonds. The van der Waals surface area contributed by atoms with Crippen molar-refractivity contribution in [2.75, 3.05) is 5.21 Å². The number of non-ortho nitro benzene ring substituents is 1. The van der Waals surface area contributed by atoms with Crippen molar-refractivity contribution in [1.29, 1.82) is 0 Å². The number of halogens is 1. The van der Waals surface area contributed by atoms with Gasteiger partial charge >= 0.3 is 0 Å². The highest BCUT2D eigenvalue weighted by molar-refractivity contribution is 7.91. The van der Waals surface area contributed by atoms with Gasteiger partial charge in [-0.05, 0) is 5.56 Å². The maximum absolute atomic E-state index is 11.1. The Labute approximate surface area is 91.7 Å². The molecule has 5 nitrogen and oxygen atoms in total. The summed E-state index contributed by atoms with van der Waals surface area (Å²) in [7, 11) is -3.31. The smallest absolute Gasteiger partial charge is 0.258 e. The van der Waals surface area contributed by atoms with Crippen LogP contribution in [0.4, 0.5) is 5.69 Å². The second kappa shape index (κ2) is 4.59. The van der Waals surface area contributed by atoms with Crippen molar-refractivity contribution in [2.45, 2.75) is 5.75 Å². The summed E-state index contributed by atoms with van der Waals surface area (Å²) in [4.78, 5) is 9.78. The molecule has 1 aromatic rings. The first-order chi connectivity index (χ1) is 6.94. The number of nitro benzene ring substituents is 1. The zero-order chi connectivity index (χ0) is 11.5. The molecule has 1 rings (SSSR count). The van der Waals surface area contributed by atoms with Gasteiger partial charge in [0.15, 0.2) is 9.84 Å². The molecular weight excluding hydrogens is 242 g/mol. The van der Waals surface area contributed by atoms with Gasteiger partial charge in [-0.25, -0.2) is 8.42 Å². The molecule has 0 saturated heterocycles. The van der Waals surface area contributed by atoms with Crippen LogP contribution in [0.15, 0.2) is 24.3 Å². The standard InChI is InChI=1S/C8H8ClNO4S/c9-6-15(13,14)5-7-1-3-8(4-2-7)10(11)12/h1-4H,5-6H2. The summed E-state index contributed by atoms with van der Waals surface area (Å²) < 4.78 is 22.2. The Balaban J connectivity index is 2.86. The average molecular weight is 250 g/mol. The van der Waals surface area contributed by atoms with Crippen molar-refractivity contribution in [3.8, 4) is 0 Å². The van der Waals surface area contributed by atoms with Crippen LogP contribution in [0.2, 0.25) is 0 Å². The van der Waals surface area contributed by atoms with Gasteiger partial charge in [0, 0.05) is 12.1 Å².